The van der Waals surface area contributed by atoms with Gasteiger partial charge in [0.2, 0.25) is 0 Å². The minimum atomic E-state index is 0.855. The fourth-order valence-electron chi connectivity index (χ4n) is 1.60. The molecule has 2 aromatic carbocycles. The van der Waals surface area contributed by atoms with Crippen LogP contribution in [0.4, 0.5) is 0 Å². The largest absolute Gasteiger partial charge is 0.457 e. The van der Waals surface area contributed by atoms with Gasteiger partial charge in [-0.1, -0.05) is 18.2 Å². The van der Waals surface area contributed by atoms with Crippen molar-refractivity contribution in [3.05, 3.63) is 53.6 Å². The van der Waals surface area contributed by atoms with E-state index < -0.39 is 0 Å². The molecule has 0 aliphatic rings. The van der Waals surface area contributed by atoms with Crippen LogP contribution in [0.1, 0.15) is 11.1 Å². The smallest absolute Gasteiger partial charge is 0.128 e. The predicted octanol–water partition coefficient (Wildman–Crippen LogP) is 4.38. The number of hydrogen-bond donors (Lipinski definition) is 1. The molecule has 0 unspecified atom stereocenters. The van der Waals surface area contributed by atoms with E-state index >= 15 is 0 Å². The molecule has 0 saturated heterocycles. The molecule has 0 atom stereocenters. The first-order valence-electron chi connectivity index (χ1n) is 5.20. The Balaban J connectivity index is 2.29. The Morgan fingerprint density at radius 1 is 0.875 bits per heavy atom. The molecule has 2 aromatic rings. The zero-order chi connectivity index (χ0) is 11.5. The standard InChI is InChI=1S/C14H14OS/c1-10-8-13(9-11(2)14(10)16)15-12-6-4-3-5-7-12/h3-9,16H,1-2H3. The molecule has 0 aliphatic heterocycles. The first kappa shape index (κ1) is 11.1. The summed E-state index contributed by atoms with van der Waals surface area (Å²) in [4.78, 5) is 1.03. The van der Waals surface area contributed by atoms with Crippen LogP contribution in [0.5, 0.6) is 11.5 Å². The van der Waals surface area contributed by atoms with E-state index in [0.717, 1.165) is 27.5 Å². The Morgan fingerprint density at radius 2 is 1.44 bits per heavy atom. The lowest BCUT2D eigenvalue weighted by Gasteiger charge is -2.09. The third-order valence-electron chi connectivity index (χ3n) is 2.44. The van der Waals surface area contributed by atoms with Crippen molar-refractivity contribution in [3.63, 3.8) is 0 Å². The number of benzene rings is 2. The van der Waals surface area contributed by atoms with Crippen LogP contribution in [-0.2, 0) is 0 Å². The third kappa shape index (κ3) is 2.39. The van der Waals surface area contributed by atoms with E-state index in [1.165, 1.54) is 0 Å². The van der Waals surface area contributed by atoms with E-state index in [2.05, 4.69) is 12.6 Å². The highest BCUT2D eigenvalue weighted by atomic mass is 32.1. The Kier molecular flexibility index (Phi) is 3.20. The van der Waals surface area contributed by atoms with Gasteiger partial charge in [-0.25, -0.2) is 0 Å². The summed E-state index contributed by atoms with van der Waals surface area (Å²) < 4.78 is 5.76. The highest BCUT2D eigenvalue weighted by molar-refractivity contribution is 7.80. The molecule has 0 spiro atoms. The van der Waals surface area contributed by atoms with E-state index in [1.807, 2.05) is 56.3 Å². The fourth-order valence-corrected chi connectivity index (χ4v) is 1.73. The van der Waals surface area contributed by atoms with Crippen LogP contribution < -0.4 is 4.74 Å². The summed E-state index contributed by atoms with van der Waals surface area (Å²) in [5, 5.41) is 0. The average molecular weight is 230 g/mol. The second kappa shape index (κ2) is 4.62. The molecule has 2 rings (SSSR count). The van der Waals surface area contributed by atoms with E-state index in [-0.39, 0.29) is 0 Å². The Bertz CT molecular complexity index is 468. The quantitative estimate of drug-likeness (QED) is 0.753. The zero-order valence-electron chi connectivity index (χ0n) is 9.40. The van der Waals surface area contributed by atoms with Crippen molar-refractivity contribution < 1.29 is 4.74 Å². The topological polar surface area (TPSA) is 9.23 Å². The summed E-state index contributed by atoms with van der Waals surface area (Å²) in [6, 6.07) is 13.8. The maximum atomic E-state index is 5.76. The molecule has 0 saturated carbocycles. The van der Waals surface area contributed by atoms with E-state index in [0.29, 0.717) is 0 Å². The molecule has 16 heavy (non-hydrogen) atoms. The van der Waals surface area contributed by atoms with Crippen LogP contribution in [0.15, 0.2) is 47.4 Å². The van der Waals surface area contributed by atoms with Crippen molar-refractivity contribution >= 4 is 12.6 Å². The van der Waals surface area contributed by atoms with Crippen molar-refractivity contribution in [2.45, 2.75) is 18.7 Å². The number of para-hydroxylation sites is 1. The predicted molar refractivity (Wildman–Crippen MR) is 69.7 cm³/mol. The molecular weight excluding hydrogens is 216 g/mol. The molecule has 82 valence electrons. The molecule has 0 bridgehead atoms. The Labute approximate surface area is 101 Å². The van der Waals surface area contributed by atoms with Crippen molar-refractivity contribution in [1.29, 1.82) is 0 Å². The normalized spacial score (nSPS) is 10.2. The molecule has 0 amide bonds. The van der Waals surface area contributed by atoms with Crippen LogP contribution in [0.25, 0.3) is 0 Å². The van der Waals surface area contributed by atoms with Crippen molar-refractivity contribution in [2.24, 2.45) is 0 Å². The van der Waals surface area contributed by atoms with Crippen LogP contribution in [-0.4, -0.2) is 0 Å². The Morgan fingerprint density at radius 3 is 2.00 bits per heavy atom. The molecule has 2 heteroatoms. The van der Waals surface area contributed by atoms with Gasteiger partial charge in [0.15, 0.2) is 0 Å². The number of ether oxygens (including phenoxy) is 1. The van der Waals surface area contributed by atoms with Crippen LogP contribution in [0.2, 0.25) is 0 Å². The average Bonchev–Trinajstić information content (AvgIpc) is 2.27. The highest BCUT2D eigenvalue weighted by Crippen LogP contribution is 2.27. The van der Waals surface area contributed by atoms with Gasteiger partial charge in [-0.3, -0.25) is 0 Å². The molecule has 0 N–H and O–H groups in total. The van der Waals surface area contributed by atoms with Crippen LogP contribution in [0.3, 0.4) is 0 Å². The monoisotopic (exact) mass is 230 g/mol. The van der Waals surface area contributed by atoms with E-state index in [4.69, 9.17) is 4.74 Å². The van der Waals surface area contributed by atoms with Gasteiger partial charge in [0.05, 0.1) is 0 Å². The molecule has 0 heterocycles. The summed E-state index contributed by atoms with van der Waals surface area (Å²) in [5.74, 6) is 1.72. The first-order valence-corrected chi connectivity index (χ1v) is 5.64. The van der Waals surface area contributed by atoms with Gasteiger partial charge in [0.25, 0.3) is 0 Å². The molecule has 0 fully saturated rings. The first-order chi connectivity index (χ1) is 7.66. The maximum Gasteiger partial charge on any atom is 0.128 e. The maximum absolute atomic E-state index is 5.76. The van der Waals surface area contributed by atoms with Gasteiger partial charge < -0.3 is 4.74 Å². The molecule has 0 aromatic heterocycles. The highest BCUT2D eigenvalue weighted by Gasteiger charge is 2.03. The molecular formula is C14H14OS. The van der Waals surface area contributed by atoms with Gasteiger partial charge in [0.1, 0.15) is 11.5 Å². The van der Waals surface area contributed by atoms with Crippen LogP contribution >= 0.6 is 12.6 Å². The van der Waals surface area contributed by atoms with Gasteiger partial charge in [0, 0.05) is 4.90 Å². The number of rotatable bonds is 2. The van der Waals surface area contributed by atoms with Crippen LogP contribution in [0, 0.1) is 13.8 Å². The minimum Gasteiger partial charge on any atom is -0.457 e. The lowest BCUT2D eigenvalue weighted by Crippen LogP contribution is -1.88. The summed E-state index contributed by atoms with van der Waals surface area (Å²) in [7, 11) is 0. The second-order valence-corrected chi connectivity index (χ2v) is 4.27. The van der Waals surface area contributed by atoms with Gasteiger partial charge in [-0.05, 0) is 49.2 Å². The fraction of sp³-hybridized carbons (Fsp3) is 0.143. The minimum absolute atomic E-state index is 0.855. The lowest BCUT2D eigenvalue weighted by molar-refractivity contribution is 0.481. The summed E-state index contributed by atoms with van der Waals surface area (Å²) in [6.45, 7) is 4.07. The Hall–Kier alpha value is -1.41. The molecule has 0 aliphatic carbocycles. The summed E-state index contributed by atoms with van der Waals surface area (Å²) in [5.41, 5.74) is 2.27. The van der Waals surface area contributed by atoms with E-state index in [1.54, 1.807) is 0 Å². The number of aryl methyl sites for hydroxylation is 2. The number of thiol groups is 1. The summed E-state index contributed by atoms with van der Waals surface area (Å²) in [6.07, 6.45) is 0. The van der Waals surface area contributed by atoms with Crippen molar-refractivity contribution in [3.8, 4) is 11.5 Å². The van der Waals surface area contributed by atoms with E-state index in [9.17, 15) is 0 Å². The van der Waals surface area contributed by atoms with Gasteiger partial charge in [-0.2, -0.15) is 0 Å². The lowest BCUT2D eigenvalue weighted by atomic mass is 10.1. The molecule has 0 radical (unpaired) electrons. The summed E-state index contributed by atoms with van der Waals surface area (Å²) >= 11 is 4.43. The molecule has 1 nitrogen and oxygen atoms in total. The second-order valence-electron chi connectivity index (χ2n) is 3.82. The van der Waals surface area contributed by atoms with Crippen molar-refractivity contribution in [2.75, 3.05) is 0 Å². The van der Waals surface area contributed by atoms with Gasteiger partial charge >= 0.3 is 0 Å². The number of hydrogen-bond acceptors (Lipinski definition) is 2. The van der Waals surface area contributed by atoms with Crippen molar-refractivity contribution in [1.82, 2.24) is 0 Å². The third-order valence-corrected chi connectivity index (χ3v) is 3.15. The zero-order valence-corrected chi connectivity index (χ0v) is 10.3. The SMILES string of the molecule is Cc1cc(Oc2ccccc2)cc(C)c1S. The van der Waals surface area contributed by atoms with Gasteiger partial charge in [-0.15, -0.1) is 12.6 Å².